The number of ether oxygens (including phenoxy) is 3. The maximum Gasteiger partial charge on any atom is 0.333 e. The minimum absolute atomic E-state index is 0.260. The minimum atomic E-state index is -1.55. The van der Waals surface area contributed by atoms with E-state index in [4.69, 9.17) is 14.2 Å². The molecule has 0 aliphatic carbocycles. The lowest BCUT2D eigenvalue weighted by molar-refractivity contribution is -0.383. The lowest BCUT2D eigenvalue weighted by Gasteiger charge is -2.32. The molecule has 1 rings (SSSR count). The predicted octanol–water partition coefficient (Wildman–Crippen LogP) is -1.01. The normalized spacial score (nSPS) is 11.8. The average Bonchev–Trinajstić information content (AvgIpc) is 2.35. The zero-order valence-electron chi connectivity index (χ0n) is 11.7. The molecule has 1 aromatic heterocycles. The van der Waals surface area contributed by atoms with Crippen molar-refractivity contribution in [3.8, 4) is 0 Å². The topological polar surface area (TPSA) is 115 Å². The van der Waals surface area contributed by atoms with Crippen LogP contribution in [0.25, 0.3) is 0 Å². The molecule has 1 heterocycles. The number of aromatic nitrogens is 3. The lowest BCUT2D eigenvalue weighted by Crippen LogP contribution is -2.52. The van der Waals surface area contributed by atoms with Crippen LogP contribution in [-0.2, 0) is 20.8 Å². The van der Waals surface area contributed by atoms with E-state index >= 15 is 0 Å². The second-order valence-corrected chi connectivity index (χ2v) is 3.76. The maximum atomic E-state index is 11.7. The van der Waals surface area contributed by atoms with Gasteiger partial charge in [0.2, 0.25) is 0 Å². The Morgan fingerprint density at radius 1 is 0.900 bits per heavy atom. The largest absolute Gasteiger partial charge is 0.333 e. The summed E-state index contributed by atoms with van der Waals surface area (Å²) in [6.07, 6.45) is 0. The van der Waals surface area contributed by atoms with E-state index in [1.165, 1.54) is 0 Å². The van der Waals surface area contributed by atoms with Crippen LogP contribution in [0, 0.1) is 0 Å². The third kappa shape index (κ3) is 3.89. The van der Waals surface area contributed by atoms with Crippen LogP contribution in [0.15, 0.2) is 14.4 Å². The summed E-state index contributed by atoms with van der Waals surface area (Å²) in [7, 11) is 0. The van der Waals surface area contributed by atoms with Crippen molar-refractivity contribution >= 4 is 0 Å². The van der Waals surface area contributed by atoms with Crippen LogP contribution in [-0.4, -0.2) is 40.3 Å². The van der Waals surface area contributed by atoms with Crippen LogP contribution in [0.5, 0.6) is 0 Å². The monoisotopic (exact) mass is 289 g/mol. The van der Waals surface area contributed by atoms with Gasteiger partial charge in [0.25, 0.3) is 0 Å². The predicted molar refractivity (Wildman–Crippen MR) is 69.6 cm³/mol. The van der Waals surface area contributed by atoms with Crippen LogP contribution in [0.1, 0.15) is 20.8 Å². The molecule has 9 nitrogen and oxygen atoms in total. The van der Waals surface area contributed by atoms with Crippen LogP contribution in [0.3, 0.4) is 0 Å². The molecule has 0 atom stereocenters. The molecule has 0 radical (unpaired) electrons. The standard InChI is InChI=1S/C11H19N3O6/c1-4-18-11(19-5-2,20-6-3)7-14-9(16)12-8(15)13-10(14)17/h4-7H2,1-3H3,(H2,12,13,15,16,17). The number of hydrogen-bond acceptors (Lipinski definition) is 6. The van der Waals surface area contributed by atoms with Gasteiger partial charge in [0.15, 0.2) is 0 Å². The van der Waals surface area contributed by atoms with Crippen molar-refractivity contribution in [1.29, 1.82) is 0 Å². The number of nitrogens with one attached hydrogen (secondary N) is 2. The van der Waals surface area contributed by atoms with Gasteiger partial charge in [-0.25, -0.2) is 19.0 Å². The van der Waals surface area contributed by atoms with Gasteiger partial charge >= 0.3 is 23.0 Å². The number of aromatic amines is 2. The van der Waals surface area contributed by atoms with Crippen LogP contribution in [0.2, 0.25) is 0 Å². The second-order valence-electron chi connectivity index (χ2n) is 3.76. The average molecular weight is 289 g/mol. The van der Waals surface area contributed by atoms with E-state index in [1.54, 1.807) is 20.8 Å². The molecule has 0 unspecified atom stereocenters. The summed E-state index contributed by atoms with van der Waals surface area (Å²) < 4.78 is 17.0. The van der Waals surface area contributed by atoms with Crippen LogP contribution >= 0.6 is 0 Å². The molecule has 0 amide bonds. The van der Waals surface area contributed by atoms with E-state index in [-0.39, 0.29) is 26.4 Å². The summed E-state index contributed by atoms with van der Waals surface area (Å²) in [6.45, 7) is 5.67. The molecule has 20 heavy (non-hydrogen) atoms. The van der Waals surface area contributed by atoms with Gasteiger partial charge in [0, 0.05) is 19.8 Å². The van der Waals surface area contributed by atoms with Gasteiger partial charge in [0.1, 0.15) is 6.54 Å². The molecule has 0 aromatic carbocycles. The Hall–Kier alpha value is -1.71. The number of hydrogen-bond donors (Lipinski definition) is 2. The highest BCUT2D eigenvalue weighted by Crippen LogP contribution is 2.17. The summed E-state index contributed by atoms with van der Waals surface area (Å²) in [6, 6.07) is 0. The Morgan fingerprint density at radius 2 is 1.30 bits per heavy atom. The number of rotatable bonds is 8. The van der Waals surface area contributed by atoms with Gasteiger partial charge in [0.05, 0.1) is 0 Å². The van der Waals surface area contributed by atoms with Crippen molar-refractivity contribution in [2.75, 3.05) is 19.8 Å². The van der Waals surface area contributed by atoms with Gasteiger partial charge in [-0.3, -0.25) is 9.97 Å². The first kappa shape index (κ1) is 16.3. The molecule has 0 aliphatic heterocycles. The highest BCUT2D eigenvalue weighted by molar-refractivity contribution is 4.72. The highest BCUT2D eigenvalue weighted by atomic mass is 16.9. The van der Waals surface area contributed by atoms with Gasteiger partial charge in [-0.1, -0.05) is 0 Å². The third-order valence-electron chi connectivity index (χ3n) is 2.38. The van der Waals surface area contributed by atoms with E-state index in [0.29, 0.717) is 0 Å². The number of nitrogens with zero attached hydrogens (tertiary/aromatic N) is 1. The Morgan fingerprint density at radius 3 is 1.65 bits per heavy atom. The van der Waals surface area contributed by atoms with Gasteiger partial charge in [-0.2, -0.15) is 0 Å². The van der Waals surface area contributed by atoms with E-state index in [2.05, 4.69) is 0 Å². The molecule has 1 aromatic rings. The molecule has 9 heteroatoms. The van der Waals surface area contributed by atoms with Crippen molar-refractivity contribution in [2.24, 2.45) is 0 Å². The SMILES string of the molecule is CCOC(Cn1c(=O)[nH]c(=O)[nH]c1=O)(OCC)OCC. The first-order chi connectivity index (χ1) is 9.48. The fourth-order valence-corrected chi connectivity index (χ4v) is 1.71. The molecule has 0 aliphatic rings. The zero-order chi connectivity index (χ0) is 15.2. The molecule has 0 saturated carbocycles. The Bertz CT molecular complexity index is 536. The highest BCUT2D eigenvalue weighted by Gasteiger charge is 2.34. The molecule has 0 bridgehead atoms. The molecular weight excluding hydrogens is 270 g/mol. The summed E-state index contributed by atoms with van der Waals surface area (Å²) in [5.74, 6) is -1.55. The van der Waals surface area contributed by atoms with E-state index in [1.807, 2.05) is 9.97 Å². The molecule has 0 saturated heterocycles. The van der Waals surface area contributed by atoms with Crippen molar-refractivity contribution in [3.63, 3.8) is 0 Å². The second kappa shape index (κ2) is 7.17. The minimum Gasteiger partial charge on any atom is -0.326 e. The summed E-state index contributed by atoms with van der Waals surface area (Å²) in [5, 5.41) is 0. The van der Waals surface area contributed by atoms with Crippen molar-refractivity contribution in [3.05, 3.63) is 31.5 Å². The van der Waals surface area contributed by atoms with E-state index in [9.17, 15) is 14.4 Å². The Kier molecular flexibility index (Phi) is 5.86. The maximum absolute atomic E-state index is 11.7. The first-order valence-electron chi connectivity index (χ1n) is 6.33. The third-order valence-corrected chi connectivity index (χ3v) is 2.38. The molecule has 114 valence electrons. The molecule has 0 fully saturated rings. The van der Waals surface area contributed by atoms with E-state index in [0.717, 1.165) is 4.57 Å². The quantitative estimate of drug-likeness (QED) is 0.592. The van der Waals surface area contributed by atoms with Crippen molar-refractivity contribution in [2.45, 2.75) is 33.3 Å². The zero-order valence-corrected chi connectivity index (χ0v) is 11.7. The molecule has 0 spiro atoms. The summed E-state index contributed by atoms with van der Waals surface area (Å²) >= 11 is 0. The molecule has 2 N–H and O–H groups in total. The fourth-order valence-electron chi connectivity index (χ4n) is 1.71. The van der Waals surface area contributed by atoms with Crippen molar-refractivity contribution in [1.82, 2.24) is 14.5 Å². The fraction of sp³-hybridized carbons (Fsp3) is 0.727. The Balaban J connectivity index is 3.21. The van der Waals surface area contributed by atoms with Gasteiger partial charge in [-0.05, 0) is 20.8 Å². The summed E-state index contributed by atoms with van der Waals surface area (Å²) in [5.41, 5.74) is -2.59. The first-order valence-corrected chi connectivity index (χ1v) is 6.33. The van der Waals surface area contributed by atoms with Crippen LogP contribution in [0.4, 0.5) is 0 Å². The van der Waals surface area contributed by atoms with Crippen LogP contribution < -0.4 is 17.1 Å². The van der Waals surface area contributed by atoms with Crippen molar-refractivity contribution < 1.29 is 14.2 Å². The smallest absolute Gasteiger partial charge is 0.326 e. The lowest BCUT2D eigenvalue weighted by atomic mass is 10.5. The van der Waals surface area contributed by atoms with E-state index < -0.39 is 23.0 Å². The van der Waals surface area contributed by atoms with Gasteiger partial charge in [-0.15, -0.1) is 0 Å². The molecular formula is C11H19N3O6. The Labute approximate surface area is 114 Å². The van der Waals surface area contributed by atoms with Gasteiger partial charge < -0.3 is 14.2 Å². The number of H-pyrrole nitrogens is 2. The summed E-state index contributed by atoms with van der Waals surface area (Å²) in [4.78, 5) is 38.2.